The first-order valence-electron chi connectivity index (χ1n) is 39.7. The van der Waals surface area contributed by atoms with Gasteiger partial charge in [-0.25, -0.2) is 0 Å². The fraction of sp³-hybridized carbons (Fsp3) is 0.0182. The maximum atomic E-state index is 6.65. The molecule has 19 aromatic rings. The molecule has 4 heteroatoms. The van der Waals surface area contributed by atoms with Gasteiger partial charge < -0.3 is 14.2 Å². The zero-order chi connectivity index (χ0) is 75.0. The molecule has 0 radical (unpaired) electrons. The fourth-order valence-electron chi connectivity index (χ4n) is 20.4. The van der Waals surface area contributed by atoms with Gasteiger partial charge in [0.25, 0.3) is 6.71 Å². The summed E-state index contributed by atoms with van der Waals surface area (Å²) in [4.78, 5) is 5.31. The fourth-order valence-corrected chi connectivity index (χ4v) is 20.4. The second kappa shape index (κ2) is 26.0. The Hall–Kier alpha value is -14.6. The van der Waals surface area contributed by atoms with E-state index in [4.69, 9.17) is 4.42 Å². The Kier molecular flexibility index (Phi) is 14.9. The third-order valence-electron chi connectivity index (χ3n) is 25.0. The van der Waals surface area contributed by atoms with Gasteiger partial charge in [-0.1, -0.05) is 382 Å². The number of hydrogen-bond acceptors (Lipinski definition) is 3. The Labute approximate surface area is 664 Å². The average molecular weight is 1450 g/mol. The van der Waals surface area contributed by atoms with Gasteiger partial charge in [0.05, 0.1) is 22.2 Å². The molecule has 0 amide bonds. The molecule has 0 saturated carbocycles. The monoisotopic (exact) mass is 1450 g/mol. The summed E-state index contributed by atoms with van der Waals surface area (Å²) in [6, 6.07) is 162. The van der Waals surface area contributed by atoms with Crippen LogP contribution in [0.3, 0.4) is 0 Å². The summed E-state index contributed by atoms with van der Waals surface area (Å²) < 4.78 is 6.65. The van der Waals surface area contributed by atoms with Crippen LogP contribution in [0.1, 0.15) is 44.5 Å². The molecule has 0 unspecified atom stereocenters. The van der Waals surface area contributed by atoms with Crippen LogP contribution < -0.4 is 26.2 Å². The first-order chi connectivity index (χ1) is 56.6. The van der Waals surface area contributed by atoms with Crippen molar-refractivity contribution >= 4 is 79.2 Å². The summed E-state index contributed by atoms with van der Waals surface area (Å²) in [5.41, 5.74) is 39.3. The minimum Gasteiger partial charge on any atom is -0.456 e. The third kappa shape index (κ3) is 9.65. The van der Waals surface area contributed by atoms with Crippen molar-refractivity contribution in [2.45, 2.75) is 10.8 Å². The molecule has 0 spiro atoms. The maximum Gasteiger partial charge on any atom is 0.252 e. The average Bonchev–Trinajstić information content (AvgIpc) is 1.37. The van der Waals surface area contributed by atoms with Crippen molar-refractivity contribution < 1.29 is 4.42 Å². The Bertz CT molecular complexity index is 6900. The molecule has 3 nitrogen and oxygen atoms in total. The number of fused-ring (bicyclic) bond motifs is 13. The molecule has 0 fully saturated rings. The predicted octanol–water partition coefficient (Wildman–Crippen LogP) is 26.4. The molecule has 3 heterocycles. The molecule has 4 aliphatic rings. The van der Waals surface area contributed by atoms with Crippen molar-refractivity contribution in [3.63, 3.8) is 0 Å². The highest BCUT2D eigenvalue weighted by atomic mass is 16.3. The summed E-state index contributed by atoms with van der Waals surface area (Å²) in [5.74, 6) is 0. The number of benzene rings is 18. The number of anilines is 6. The van der Waals surface area contributed by atoms with E-state index in [0.29, 0.717) is 0 Å². The van der Waals surface area contributed by atoms with Crippen LogP contribution in [0.2, 0.25) is 0 Å². The maximum absolute atomic E-state index is 6.65. The molecule has 23 rings (SSSR count). The van der Waals surface area contributed by atoms with E-state index in [0.717, 1.165) is 112 Å². The van der Waals surface area contributed by atoms with Crippen molar-refractivity contribution in [2.24, 2.45) is 0 Å². The summed E-state index contributed by atoms with van der Waals surface area (Å²) >= 11 is 0. The van der Waals surface area contributed by atoms with Gasteiger partial charge in [0.1, 0.15) is 11.2 Å². The van der Waals surface area contributed by atoms with Crippen molar-refractivity contribution in [2.75, 3.05) is 9.80 Å². The molecule has 530 valence electrons. The first kappa shape index (κ1) is 65.3. The van der Waals surface area contributed by atoms with Gasteiger partial charge in [-0.2, -0.15) is 0 Å². The molecule has 0 N–H and O–H groups in total. The van der Waals surface area contributed by atoms with Crippen LogP contribution in [-0.4, -0.2) is 6.71 Å². The highest BCUT2D eigenvalue weighted by Crippen LogP contribution is 2.62. The van der Waals surface area contributed by atoms with E-state index >= 15 is 0 Å². The lowest BCUT2D eigenvalue weighted by Gasteiger charge is -2.45. The van der Waals surface area contributed by atoms with Crippen molar-refractivity contribution in [1.82, 2.24) is 0 Å². The Morgan fingerprint density at radius 3 is 1.09 bits per heavy atom. The van der Waals surface area contributed by atoms with Gasteiger partial charge in [0.2, 0.25) is 0 Å². The number of nitrogens with zero attached hydrogens (tertiary/aromatic N) is 2. The lowest BCUT2D eigenvalue weighted by molar-refractivity contribution is 0.669. The van der Waals surface area contributed by atoms with E-state index in [1.54, 1.807) is 0 Å². The molecule has 2 aliphatic carbocycles. The minimum atomic E-state index is -0.608. The molecule has 114 heavy (non-hydrogen) atoms. The van der Waals surface area contributed by atoms with E-state index in [-0.39, 0.29) is 6.71 Å². The van der Waals surface area contributed by atoms with E-state index in [2.05, 4.69) is 441 Å². The van der Waals surface area contributed by atoms with Crippen LogP contribution in [0.15, 0.2) is 435 Å². The topological polar surface area (TPSA) is 19.6 Å². The van der Waals surface area contributed by atoms with Crippen LogP contribution in [0.25, 0.3) is 111 Å². The molecule has 1 aromatic heterocycles. The van der Waals surface area contributed by atoms with Gasteiger partial charge in [-0.05, 0) is 182 Å². The van der Waals surface area contributed by atoms with Gasteiger partial charge >= 0.3 is 0 Å². The van der Waals surface area contributed by atoms with Crippen LogP contribution in [-0.2, 0) is 10.8 Å². The van der Waals surface area contributed by atoms with Crippen molar-refractivity contribution in [1.29, 1.82) is 0 Å². The summed E-state index contributed by atoms with van der Waals surface area (Å²) in [6.07, 6.45) is 0. The van der Waals surface area contributed by atoms with Crippen molar-refractivity contribution in [3.05, 3.63) is 475 Å². The van der Waals surface area contributed by atoms with Crippen LogP contribution in [0, 0.1) is 0 Å². The minimum absolute atomic E-state index is 0.344. The molecule has 0 atom stereocenters. The van der Waals surface area contributed by atoms with Crippen LogP contribution in [0.5, 0.6) is 0 Å². The molecule has 0 saturated heterocycles. The van der Waals surface area contributed by atoms with E-state index < -0.39 is 10.8 Å². The summed E-state index contributed by atoms with van der Waals surface area (Å²) in [5, 5.41) is 2.16. The van der Waals surface area contributed by atoms with E-state index in [1.807, 2.05) is 0 Å². The molecular weight excluding hydrogens is 1380 g/mol. The third-order valence-corrected chi connectivity index (χ3v) is 25.0. The Morgan fingerprint density at radius 2 is 0.579 bits per heavy atom. The SMILES string of the molecule is c1ccc(-c2ccccc2N2c3ccc(-c4cccc5c4-c4ccccc4C5(c4ccccc4)c4ccccc4)cc3B3c4cc(-c5cccc6c5-c5ccccc5C6(c5ccccc5)c5ccccc5)ccc4N(c4c(-c5ccccc5)cccc4-c4ccccc4)c4cc(-c5ccc6oc7ccccc7c6c5)cc2c43)cc1. The van der Waals surface area contributed by atoms with E-state index in [1.165, 1.54) is 94.3 Å². The zero-order valence-corrected chi connectivity index (χ0v) is 62.4. The van der Waals surface area contributed by atoms with Gasteiger partial charge in [0, 0.05) is 50.2 Å². The van der Waals surface area contributed by atoms with E-state index in [9.17, 15) is 0 Å². The quantitative estimate of drug-likeness (QED) is 0.114. The largest absolute Gasteiger partial charge is 0.456 e. The van der Waals surface area contributed by atoms with Crippen LogP contribution >= 0.6 is 0 Å². The predicted molar refractivity (Wildman–Crippen MR) is 475 cm³/mol. The van der Waals surface area contributed by atoms with Gasteiger partial charge in [-0.15, -0.1) is 0 Å². The second-order valence-corrected chi connectivity index (χ2v) is 30.7. The standard InChI is InChI=1S/C110H71BN2O/c1-8-33-72(34-9-1)83-47-24-28-59-98(83)112-99-64-61-76(84-51-31-57-94-105(84)89-49-22-26-55-92(89)109(94,79-39-14-4-15-40-79)80-41-16-5-17-42-80)68-96(99)111-97-69-77(85-52-32-58-95-106(85)90-50-23-27-56-93(90)110(95,81-43-18-6-19-44-81)82-45-20-7-21-46-82)62-65-100(97)113(108-86(73-35-10-2-11-36-73)53-30-54-87(108)74-37-12-3-13-38-74)102-71-78(70-101(112)107(102)111)75-63-66-104-91(67-75)88-48-25-29-60-103(88)114-104/h1-71H. The van der Waals surface area contributed by atoms with Gasteiger partial charge in [-0.3, -0.25) is 0 Å². The first-order valence-corrected chi connectivity index (χ1v) is 39.7. The molecule has 18 aromatic carbocycles. The number of rotatable bonds is 12. The second-order valence-electron chi connectivity index (χ2n) is 30.7. The molecular formula is C110H71BN2O. The van der Waals surface area contributed by atoms with Crippen molar-refractivity contribution in [3.8, 4) is 89.0 Å². The number of hydrogen-bond donors (Lipinski definition) is 0. The number of para-hydroxylation sites is 3. The Morgan fingerprint density at radius 1 is 0.211 bits per heavy atom. The Balaban J connectivity index is 0.859. The number of furan rings is 1. The normalized spacial score (nSPS) is 13.5. The highest BCUT2D eigenvalue weighted by Gasteiger charge is 2.51. The summed E-state index contributed by atoms with van der Waals surface area (Å²) in [7, 11) is 0. The van der Waals surface area contributed by atoms with Gasteiger partial charge in [0.15, 0.2) is 0 Å². The smallest absolute Gasteiger partial charge is 0.252 e. The molecule has 0 bridgehead atoms. The lowest BCUT2D eigenvalue weighted by Crippen LogP contribution is -2.61. The lowest BCUT2D eigenvalue weighted by atomic mass is 9.33. The zero-order valence-electron chi connectivity index (χ0n) is 62.4. The summed E-state index contributed by atoms with van der Waals surface area (Å²) in [6.45, 7) is -0.344. The highest BCUT2D eigenvalue weighted by molar-refractivity contribution is 7.00. The van der Waals surface area contributed by atoms with Crippen LogP contribution in [0.4, 0.5) is 34.1 Å². The molecule has 2 aliphatic heterocycles.